The highest BCUT2D eigenvalue weighted by molar-refractivity contribution is 7.15. The largest absolute Gasteiger partial charge is 0.496 e. The lowest BCUT2D eigenvalue weighted by Crippen LogP contribution is -2.28. The van der Waals surface area contributed by atoms with E-state index in [1.807, 2.05) is 57.8 Å². The van der Waals surface area contributed by atoms with Gasteiger partial charge in [-0.2, -0.15) is 0 Å². The highest BCUT2D eigenvalue weighted by atomic mass is 35.5. The molecule has 0 aliphatic heterocycles. The lowest BCUT2D eigenvalue weighted by atomic mass is 10.2. The summed E-state index contributed by atoms with van der Waals surface area (Å²) in [5, 5.41) is 4.33. The Balaban J connectivity index is 1.60. The van der Waals surface area contributed by atoms with E-state index >= 15 is 0 Å². The molecular formula is C21H18ClN3O2S2. The predicted octanol–water partition coefficient (Wildman–Crippen LogP) is 5.36. The van der Waals surface area contributed by atoms with Crippen LogP contribution in [0.15, 0.2) is 59.4 Å². The van der Waals surface area contributed by atoms with Gasteiger partial charge in [0.2, 0.25) is 5.91 Å². The first-order valence-corrected chi connectivity index (χ1v) is 11.0. The fourth-order valence-corrected chi connectivity index (χ4v) is 4.75. The van der Waals surface area contributed by atoms with E-state index in [1.54, 1.807) is 35.5 Å². The molecule has 0 unspecified atom stereocenters. The summed E-state index contributed by atoms with van der Waals surface area (Å²) in [6, 6.07) is 11.8. The van der Waals surface area contributed by atoms with Gasteiger partial charge < -0.3 is 9.64 Å². The van der Waals surface area contributed by atoms with Crippen LogP contribution in [0.3, 0.4) is 0 Å². The van der Waals surface area contributed by atoms with Gasteiger partial charge in [-0.15, -0.1) is 22.7 Å². The van der Waals surface area contributed by atoms with Gasteiger partial charge in [0.25, 0.3) is 0 Å². The van der Waals surface area contributed by atoms with Crippen LogP contribution in [0.2, 0.25) is 5.15 Å². The molecule has 0 atom stereocenters. The number of aromatic nitrogens is 2. The zero-order valence-corrected chi connectivity index (χ0v) is 18.0. The summed E-state index contributed by atoms with van der Waals surface area (Å²) in [5.74, 6) is 0.657. The summed E-state index contributed by atoms with van der Waals surface area (Å²) in [6.07, 6.45) is 5.17. The van der Waals surface area contributed by atoms with Crippen LogP contribution in [0, 0.1) is 0 Å². The first-order valence-electron chi connectivity index (χ1n) is 8.88. The third kappa shape index (κ3) is 4.37. The van der Waals surface area contributed by atoms with Crippen molar-refractivity contribution in [2.24, 2.45) is 0 Å². The average molecular weight is 444 g/mol. The number of thiophene rings is 1. The van der Waals surface area contributed by atoms with Crippen LogP contribution in [-0.4, -0.2) is 27.3 Å². The third-order valence-corrected chi connectivity index (χ3v) is 6.33. The number of benzene rings is 1. The molecule has 148 valence electrons. The van der Waals surface area contributed by atoms with E-state index in [2.05, 4.69) is 4.98 Å². The van der Waals surface area contributed by atoms with Crippen molar-refractivity contribution in [3.05, 3.63) is 80.7 Å². The Hall–Kier alpha value is -2.61. The molecule has 1 amide bonds. The molecule has 0 saturated heterocycles. The summed E-state index contributed by atoms with van der Waals surface area (Å²) in [7, 11) is 1.64. The van der Waals surface area contributed by atoms with Gasteiger partial charge in [-0.1, -0.05) is 35.9 Å². The van der Waals surface area contributed by atoms with E-state index in [0.717, 1.165) is 21.2 Å². The number of ether oxygens (including phenoxy) is 1. The molecule has 3 aromatic heterocycles. The zero-order valence-electron chi connectivity index (χ0n) is 15.6. The van der Waals surface area contributed by atoms with Crippen LogP contribution >= 0.6 is 34.3 Å². The van der Waals surface area contributed by atoms with Gasteiger partial charge >= 0.3 is 0 Å². The maximum atomic E-state index is 13.1. The molecule has 4 aromatic rings. The number of amides is 1. The number of rotatable bonds is 7. The summed E-state index contributed by atoms with van der Waals surface area (Å²) in [6.45, 7) is 0.964. The minimum atomic E-state index is -0.106. The van der Waals surface area contributed by atoms with Crippen molar-refractivity contribution in [2.75, 3.05) is 7.11 Å². The van der Waals surface area contributed by atoms with E-state index in [1.165, 1.54) is 11.3 Å². The fraction of sp³-hybridized carbons (Fsp3) is 0.143. The van der Waals surface area contributed by atoms with Gasteiger partial charge in [0.15, 0.2) is 10.1 Å². The van der Waals surface area contributed by atoms with Crippen LogP contribution < -0.4 is 4.74 Å². The van der Waals surface area contributed by atoms with Crippen molar-refractivity contribution in [1.29, 1.82) is 0 Å². The van der Waals surface area contributed by atoms with Crippen LogP contribution in [0.25, 0.3) is 11.0 Å². The molecule has 0 fully saturated rings. The number of halogens is 1. The Kier molecular flexibility index (Phi) is 5.99. The van der Waals surface area contributed by atoms with E-state index in [-0.39, 0.29) is 5.91 Å². The molecule has 29 heavy (non-hydrogen) atoms. The number of carbonyl (C=O) groups is 1. The smallest absolute Gasteiger partial charge is 0.247 e. The molecule has 1 aromatic carbocycles. The summed E-state index contributed by atoms with van der Waals surface area (Å²) < 4.78 is 7.33. The first-order chi connectivity index (χ1) is 14.2. The van der Waals surface area contributed by atoms with Crippen molar-refractivity contribution in [3.8, 4) is 5.75 Å². The number of carbonyl (C=O) groups excluding carboxylic acids is 1. The van der Waals surface area contributed by atoms with Crippen molar-refractivity contribution in [2.45, 2.75) is 13.1 Å². The van der Waals surface area contributed by atoms with Crippen molar-refractivity contribution < 1.29 is 9.53 Å². The number of hydrogen-bond acceptors (Lipinski definition) is 5. The Bertz CT molecular complexity index is 1150. The molecular weight excluding hydrogens is 426 g/mol. The maximum Gasteiger partial charge on any atom is 0.247 e. The molecule has 0 N–H and O–H groups in total. The van der Waals surface area contributed by atoms with E-state index in [0.29, 0.717) is 23.9 Å². The highest BCUT2D eigenvalue weighted by Crippen LogP contribution is 2.24. The van der Waals surface area contributed by atoms with Gasteiger partial charge in [0.1, 0.15) is 5.75 Å². The molecule has 0 aliphatic rings. The van der Waals surface area contributed by atoms with Gasteiger partial charge in [-0.25, -0.2) is 4.98 Å². The molecule has 0 saturated carbocycles. The predicted molar refractivity (Wildman–Crippen MR) is 119 cm³/mol. The number of hydrogen-bond donors (Lipinski definition) is 0. The normalized spacial score (nSPS) is 11.4. The Morgan fingerprint density at radius 3 is 2.86 bits per heavy atom. The van der Waals surface area contributed by atoms with Gasteiger partial charge in [0.05, 0.1) is 19.3 Å². The summed E-state index contributed by atoms with van der Waals surface area (Å²) >= 11 is 9.36. The molecule has 0 bridgehead atoms. The topological polar surface area (TPSA) is 46.8 Å². The second kappa shape index (κ2) is 8.82. The standard InChI is InChI=1S/C21H18ClN3O2S2/c1-27-18-7-3-2-5-15(18)13-24(14-16-6-4-11-28-16)19(26)9-8-17-20(22)23-21-25(17)10-12-29-21/h2-12H,13-14H2,1H3/b9-8+. The Labute approximate surface area is 181 Å². The van der Waals surface area contributed by atoms with Crippen molar-refractivity contribution in [3.63, 3.8) is 0 Å². The van der Waals surface area contributed by atoms with Crippen LogP contribution in [0.1, 0.15) is 16.1 Å². The number of para-hydroxylation sites is 1. The number of nitrogens with zero attached hydrogens (tertiary/aromatic N) is 3. The van der Waals surface area contributed by atoms with Crippen molar-refractivity contribution in [1.82, 2.24) is 14.3 Å². The van der Waals surface area contributed by atoms with Crippen LogP contribution in [0.4, 0.5) is 0 Å². The van der Waals surface area contributed by atoms with E-state index < -0.39 is 0 Å². The molecule has 0 radical (unpaired) electrons. The van der Waals surface area contributed by atoms with Gasteiger partial charge in [-0.05, 0) is 23.6 Å². The van der Waals surface area contributed by atoms with Gasteiger partial charge in [-0.3, -0.25) is 9.20 Å². The molecule has 3 heterocycles. The number of imidazole rings is 1. The lowest BCUT2D eigenvalue weighted by Gasteiger charge is -2.22. The van der Waals surface area contributed by atoms with E-state index in [4.69, 9.17) is 16.3 Å². The number of thiazole rings is 1. The van der Waals surface area contributed by atoms with E-state index in [9.17, 15) is 4.79 Å². The van der Waals surface area contributed by atoms with Crippen LogP contribution in [-0.2, 0) is 17.9 Å². The summed E-state index contributed by atoms with van der Waals surface area (Å²) in [4.78, 5) is 21.1. The number of methoxy groups -OCH3 is 1. The fourth-order valence-electron chi connectivity index (χ4n) is 3.02. The quantitative estimate of drug-likeness (QED) is 0.361. The first kappa shape index (κ1) is 19.7. The minimum absolute atomic E-state index is 0.106. The molecule has 5 nitrogen and oxygen atoms in total. The third-order valence-electron chi connectivity index (χ3n) is 4.43. The SMILES string of the molecule is COc1ccccc1CN(Cc1cccs1)C(=O)/C=C/c1c(Cl)nc2sccn12. The lowest BCUT2D eigenvalue weighted by molar-refractivity contribution is -0.127. The Morgan fingerprint density at radius 2 is 2.07 bits per heavy atom. The van der Waals surface area contributed by atoms with Crippen molar-refractivity contribution >= 4 is 51.2 Å². The monoisotopic (exact) mass is 443 g/mol. The molecule has 4 rings (SSSR count). The molecule has 0 aliphatic carbocycles. The molecule has 0 spiro atoms. The average Bonchev–Trinajstić information content (AvgIpc) is 3.45. The second-order valence-corrected chi connectivity index (χ2v) is 8.53. The zero-order chi connectivity index (χ0) is 20.2. The van der Waals surface area contributed by atoms with Gasteiger partial charge in [0, 0.05) is 34.6 Å². The minimum Gasteiger partial charge on any atom is -0.496 e. The second-order valence-electron chi connectivity index (χ2n) is 6.26. The highest BCUT2D eigenvalue weighted by Gasteiger charge is 2.16. The number of fused-ring (bicyclic) bond motifs is 1. The maximum absolute atomic E-state index is 13.1. The Morgan fingerprint density at radius 1 is 1.21 bits per heavy atom. The van der Waals surface area contributed by atoms with Crippen LogP contribution in [0.5, 0.6) is 5.75 Å². The summed E-state index contributed by atoms with van der Waals surface area (Å²) in [5.41, 5.74) is 1.65. The molecule has 8 heteroatoms.